The third-order valence-electron chi connectivity index (χ3n) is 10.2. The van der Waals surface area contributed by atoms with Gasteiger partial charge in [-0.3, -0.25) is 0 Å². The largest absolute Gasteiger partial charge is 0.309 e. The van der Waals surface area contributed by atoms with Gasteiger partial charge in [0, 0.05) is 49.3 Å². The highest BCUT2D eigenvalue weighted by molar-refractivity contribution is 6.14. The summed E-state index contributed by atoms with van der Waals surface area (Å²) in [5.41, 5.74) is -13.5. The van der Waals surface area contributed by atoms with Crippen LogP contribution in [0.4, 0.5) is 0 Å². The van der Waals surface area contributed by atoms with Crippen LogP contribution in [0.5, 0.6) is 0 Å². The lowest BCUT2D eigenvalue weighted by Gasteiger charge is -2.14. The second kappa shape index (κ2) is 14.1. The van der Waals surface area contributed by atoms with Crippen LogP contribution in [0, 0.1) is 0 Å². The van der Waals surface area contributed by atoms with E-state index in [1.54, 1.807) is 0 Å². The predicted molar refractivity (Wildman–Crippen MR) is 266 cm³/mol. The smallest absolute Gasteiger partial charge is 0.0652 e. The molecule has 63 heavy (non-hydrogen) atoms. The first-order valence-corrected chi connectivity index (χ1v) is 18.5. The Morgan fingerprint density at radius 2 is 0.667 bits per heavy atom. The maximum absolute atomic E-state index is 10.3. The maximum Gasteiger partial charge on any atom is 0.0652 e. The van der Waals surface area contributed by atoms with Crippen molar-refractivity contribution in [2.75, 3.05) is 0 Å². The topological polar surface area (TPSA) is 14.8 Å². The van der Waals surface area contributed by atoms with Gasteiger partial charge in [0.05, 0.1) is 92.2 Å². The van der Waals surface area contributed by atoms with Gasteiger partial charge in [-0.2, -0.15) is 0 Å². The monoisotopic (exact) mass is 841 g/mol. The Bertz CT molecular complexity index is 6130. The molecule has 0 saturated heterocycles. The van der Waals surface area contributed by atoms with Crippen molar-refractivity contribution >= 4 is 65.4 Å². The van der Waals surface area contributed by atoms with Crippen LogP contribution in [0.25, 0.3) is 116 Å². The SMILES string of the molecule is [2H]c1c([2H])c([2H])c(-c2c([2H])c([2H])c([2H])c(-c3c([2H])c([2H])c([2H])c(-n4c5c([2H])c([2H])c([2H])c([2H])c5c5c([2H])c(-n6c7c([2H])c([2H])c([2H])c([2H])c7c7c([2H])c(-c8c([2H])c([2H])c([2H])c([2H])c8-n8c9c([2H])c([2H])c([2H])c([2H])c9c9c([2H])c([2H])c([2H])c([2H])c98)c([2H])c([2H])c76)c([2H])c([2H])c54)c3[2H])c2[2H])c([2H])c1[2H]. The van der Waals surface area contributed by atoms with E-state index in [-0.39, 0.29) is 0 Å². The van der Waals surface area contributed by atoms with Crippen LogP contribution in [0.1, 0.15) is 53.5 Å². The summed E-state index contributed by atoms with van der Waals surface area (Å²) in [5, 5.41) is -4.35. The number of benzene rings is 10. The number of para-hydroxylation sites is 5. The molecular weight excluding hydrogens is 763 g/mol. The fourth-order valence-corrected chi connectivity index (χ4v) is 7.54. The van der Waals surface area contributed by atoms with Gasteiger partial charge in [0.15, 0.2) is 0 Å². The van der Waals surface area contributed by atoms with Crippen LogP contribution in [0.2, 0.25) is 0 Å². The molecule has 3 aromatic heterocycles. The lowest BCUT2D eigenvalue weighted by molar-refractivity contribution is 1.16. The van der Waals surface area contributed by atoms with Gasteiger partial charge in [-0.1, -0.05) is 157 Å². The molecule has 13 aromatic rings. The molecule has 0 aliphatic heterocycles. The Morgan fingerprint density at radius 3 is 1.32 bits per heavy atom. The van der Waals surface area contributed by atoms with E-state index in [2.05, 4.69) is 0 Å². The molecule has 0 atom stereocenters. The van der Waals surface area contributed by atoms with Gasteiger partial charge in [0.1, 0.15) is 0 Å². The maximum atomic E-state index is 10.3. The van der Waals surface area contributed by atoms with E-state index in [4.69, 9.17) is 27.4 Å². The van der Waals surface area contributed by atoms with Gasteiger partial charge in [0.25, 0.3) is 0 Å². The average Bonchev–Trinajstić information content (AvgIpc) is 1.51. The molecule has 0 saturated carbocycles. The minimum absolute atomic E-state index is 0.579. The van der Waals surface area contributed by atoms with E-state index in [1.165, 1.54) is 0 Å². The fraction of sp³-hybridized carbons (Fsp3) is 0. The molecule has 0 N–H and O–H groups in total. The molecule has 3 heteroatoms. The van der Waals surface area contributed by atoms with E-state index in [9.17, 15) is 26.0 Å². The van der Waals surface area contributed by atoms with Crippen LogP contribution in [0.15, 0.2) is 236 Å². The summed E-state index contributed by atoms with van der Waals surface area (Å²) in [6.45, 7) is 0. The first-order chi connectivity index (χ1) is 47.5. The van der Waals surface area contributed by atoms with Crippen LogP contribution < -0.4 is 0 Å². The molecular formula is C60H39N3. The molecule has 294 valence electrons. The summed E-state index contributed by atoms with van der Waals surface area (Å²) >= 11 is 0. The normalized spacial score (nSPS) is 20.5. The van der Waals surface area contributed by atoms with E-state index in [1.807, 2.05) is 0 Å². The van der Waals surface area contributed by atoms with Crippen LogP contribution in [-0.4, -0.2) is 13.7 Å². The zero-order chi connectivity index (χ0) is 75.4. The highest BCUT2D eigenvalue weighted by Crippen LogP contribution is 2.41. The summed E-state index contributed by atoms with van der Waals surface area (Å²) in [5.74, 6) is 0. The Kier molecular flexibility index (Phi) is 3.15. The number of hydrogen-bond acceptors (Lipinski definition) is 0. The molecule has 0 aliphatic rings. The van der Waals surface area contributed by atoms with Crippen molar-refractivity contribution in [3.05, 3.63) is 236 Å². The van der Waals surface area contributed by atoms with Gasteiger partial charge in [0.2, 0.25) is 0 Å². The number of fused-ring (bicyclic) bond motifs is 9. The zero-order valence-corrected chi connectivity index (χ0v) is 31.3. The number of rotatable bonds is 6. The number of aromatic nitrogens is 3. The zero-order valence-electron chi connectivity index (χ0n) is 70.3. The van der Waals surface area contributed by atoms with Crippen molar-refractivity contribution in [2.24, 2.45) is 0 Å². The van der Waals surface area contributed by atoms with Crippen molar-refractivity contribution in [2.45, 2.75) is 0 Å². The Morgan fingerprint density at radius 1 is 0.238 bits per heavy atom. The standard InChI is InChI=1S/C60H39N3/c1-2-16-40(17-3-1)41-18-14-19-42(36-41)43-20-15-21-45(37-43)61-56-29-11-8-26-51(56)53-39-46(33-35-60(53)61)62-55-28-10-7-25-50(55)52-38-44(32-34-59(52)62)47-22-4-9-27-54(47)63-57-30-12-5-23-48(57)49-24-6-13-31-58(49)63/h1-39H/i1D,2D,3D,4D,5D,6D,7D,8D,9D,10D,11D,12D,13D,14D,15D,16D,17D,18D,19D,20D,21D,22D,23D,24D,25D,26D,27D,28D,29D,30D,31D,32D,33D,34D,35D,36D,37D,38D,39D. The average molecular weight is 841 g/mol. The molecule has 0 bridgehead atoms. The van der Waals surface area contributed by atoms with E-state index >= 15 is 0 Å². The van der Waals surface area contributed by atoms with Crippen molar-refractivity contribution in [3.63, 3.8) is 0 Å². The van der Waals surface area contributed by atoms with Crippen molar-refractivity contribution in [3.8, 4) is 50.4 Å². The van der Waals surface area contributed by atoms with Gasteiger partial charge >= 0.3 is 0 Å². The minimum Gasteiger partial charge on any atom is -0.309 e. The second-order valence-corrected chi connectivity index (χ2v) is 13.5. The molecule has 3 nitrogen and oxygen atoms in total. The molecule has 0 amide bonds. The molecule has 0 aliphatic carbocycles. The van der Waals surface area contributed by atoms with Crippen LogP contribution >= 0.6 is 0 Å². The molecule has 10 aromatic carbocycles. The van der Waals surface area contributed by atoms with Gasteiger partial charge in [-0.05, 0) is 106 Å². The lowest BCUT2D eigenvalue weighted by Crippen LogP contribution is -1.97. The molecule has 0 unspecified atom stereocenters. The van der Waals surface area contributed by atoms with Crippen molar-refractivity contribution in [1.29, 1.82) is 0 Å². The molecule has 0 radical (unpaired) electrons. The van der Waals surface area contributed by atoms with Crippen molar-refractivity contribution in [1.82, 2.24) is 13.7 Å². The Labute approximate surface area is 419 Å². The van der Waals surface area contributed by atoms with E-state index in [0.717, 1.165) is 0 Å². The summed E-state index contributed by atoms with van der Waals surface area (Å²) in [6, 6.07) is -41.4. The molecule has 0 spiro atoms. The molecule has 13 rings (SSSR count). The molecule has 0 fully saturated rings. The van der Waals surface area contributed by atoms with Gasteiger partial charge < -0.3 is 13.7 Å². The Balaban J connectivity index is 1.20. The number of nitrogens with zero attached hydrogens (tertiary/aromatic N) is 3. The van der Waals surface area contributed by atoms with Gasteiger partial charge in [-0.15, -0.1) is 0 Å². The quantitative estimate of drug-likeness (QED) is 0.158. The predicted octanol–water partition coefficient (Wildman–Crippen LogP) is 16.0. The second-order valence-electron chi connectivity index (χ2n) is 13.5. The first kappa shape index (κ1) is 14.1. The summed E-state index contributed by atoms with van der Waals surface area (Å²) in [7, 11) is 0. The Hall–Kier alpha value is -8.40. The third kappa shape index (κ3) is 5.53. The minimum atomic E-state index is -1.24. The summed E-state index contributed by atoms with van der Waals surface area (Å²) in [6.07, 6.45) is 0. The van der Waals surface area contributed by atoms with E-state index in [0.29, 0.717) is 13.7 Å². The van der Waals surface area contributed by atoms with Crippen LogP contribution in [0.3, 0.4) is 0 Å². The van der Waals surface area contributed by atoms with Crippen molar-refractivity contribution < 1.29 is 53.5 Å². The van der Waals surface area contributed by atoms with Gasteiger partial charge in [-0.25, -0.2) is 0 Å². The van der Waals surface area contributed by atoms with E-state index < -0.39 is 352 Å². The molecule has 3 heterocycles. The highest BCUT2D eigenvalue weighted by Gasteiger charge is 2.19. The highest BCUT2D eigenvalue weighted by atomic mass is 15.0. The third-order valence-corrected chi connectivity index (χ3v) is 10.2. The summed E-state index contributed by atoms with van der Waals surface area (Å²) < 4.78 is 360. The first-order valence-electron chi connectivity index (χ1n) is 38.0. The summed E-state index contributed by atoms with van der Waals surface area (Å²) in [4.78, 5) is 0. The lowest BCUT2D eigenvalue weighted by atomic mass is 9.99. The number of hydrogen-bond donors (Lipinski definition) is 0. The fourth-order valence-electron chi connectivity index (χ4n) is 7.54. The van der Waals surface area contributed by atoms with Crippen LogP contribution in [-0.2, 0) is 0 Å².